The Morgan fingerprint density at radius 2 is 2.41 bits per heavy atom. The van der Waals surface area contributed by atoms with Gasteiger partial charge in [-0.2, -0.15) is 5.26 Å². The van der Waals surface area contributed by atoms with E-state index in [4.69, 9.17) is 10.4 Å². The molecule has 0 saturated carbocycles. The normalized spacial score (nSPS) is 11.6. The van der Waals surface area contributed by atoms with Gasteiger partial charge < -0.3 is 10.4 Å². The molecule has 0 spiro atoms. The first-order chi connectivity index (χ1) is 8.10. The fraction of sp³-hybridized carbons (Fsp3) is 0.417. The van der Waals surface area contributed by atoms with Gasteiger partial charge in [-0.05, 0) is 25.0 Å². The molecule has 17 heavy (non-hydrogen) atoms. The molecule has 1 unspecified atom stereocenters. The Morgan fingerprint density at radius 3 is 2.94 bits per heavy atom. The molecule has 90 valence electrons. The third kappa shape index (κ3) is 3.18. The number of rotatable bonds is 5. The van der Waals surface area contributed by atoms with Crippen LogP contribution in [0.15, 0.2) is 12.3 Å². The first-order valence-corrected chi connectivity index (χ1v) is 5.42. The van der Waals surface area contributed by atoms with Crippen LogP contribution in [0.2, 0.25) is 0 Å². The SMILES string of the molecule is CCC(CNc1nccc(C)c1C#N)C(=O)O. The van der Waals surface area contributed by atoms with Crippen molar-refractivity contribution < 1.29 is 9.90 Å². The largest absolute Gasteiger partial charge is 0.481 e. The second-order valence-electron chi connectivity index (χ2n) is 3.79. The molecule has 5 heteroatoms. The molecule has 0 saturated heterocycles. The highest BCUT2D eigenvalue weighted by Crippen LogP contribution is 2.16. The number of carboxylic acids is 1. The number of aryl methyl sites for hydroxylation is 1. The minimum atomic E-state index is -0.842. The van der Waals surface area contributed by atoms with Crippen molar-refractivity contribution in [2.24, 2.45) is 5.92 Å². The number of pyridine rings is 1. The molecule has 0 aliphatic rings. The van der Waals surface area contributed by atoms with Crippen molar-refractivity contribution in [1.29, 1.82) is 5.26 Å². The summed E-state index contributed by atoms with van der Waals surface area (Å²) in [5.41, 5.74) is 1.29. The van der Waals surface area contributed by atoms with E-state index in [9.17, 15) is 4.79 Å². The molecule has 0 aromatic carbocycles. The number of hydrogen-bond acceptors (Lipinski definition) is 4. The fourth-order valence-corrected chi connectivity index (χ4v) is 1.46. The van der Waals surface area contributed by atoms with Crippen molar-refractivity contribution in [2.75, 3.05) is 11.9 Å². The lowest BCUT2D eigenvalue weighted by Crippen LogP contribution is -2.22. The molecule has 2 N–H and O–H groups in total. The second kappa shape index (κ2) is 5.85. The summed E-state index contributed by atoms with van der Waals surface area (Å²) >= 11 is 0. The number of aliphatic carboxylic acids is 1. The lowest BCUT2D eigenvalue weighted by atomic mass is 10.1. The van der Waals surface area contributed by atoms with Crippen molar-refractivity contribution in [3.63, 3.8) is 0 Å². The summed E-state index contributed by atoms with van der Waals surface area (Å²) in [5, 5.41) is 20.8. The van der Waals surface area contributed by atoms with Gasteiger partial charge in [-0.1, -0.05) is 6.92 Å². The van der Waals surface area contributed by atoms with Gasteiger partial charge in [0.25, 0.3) is 0 Å². The third-order valence-corrected chi connectivity index (χ3v) is 2.63. The minimum Gasteiger partial charge on any atom is -0.481 e. The molecule has 0 aliphatic carbocycles. The van der Waals surface area contributed by atoms with Crippen LogP contribution >= 0.6 is 0 Å². The Bertz CT molecular complexity index is 452. The number of nitriles is 1. The van der Waals surface area contributed by atoms with Crippen LogP contribution in [-0.2, 0) is 4.79 Å². The molecule has 1 aromatic rings. The maximum Gasteiger partial charge on any atom is 0.308 e. The van der Waals surface area contributed by atoms with E-state index in [0.29, 0.717) is 17.8 Å². The van der Waals surface area contributed by atoms with Crippen LogP contribution in [-0.4, -0.2) is 22.6 Å². The molecule has 0 aliphatic heterocycles. The predicted octanol–water partition coefficient (Wildman–Crippen LogP) is 1.78. The topological polar surface area (TPSA) is 86.0 Å². The highest BCUT2D eigenvalue weighted by Gasteiger charge is 2.15. The molecule has 0 fully saturated rings. The van der Waals surface area contributed by atoms with Crippen molar-refractivity contribution in [3.05, 3.63) is 23.4 Å². The number of hydrogen-bond donors (Lipinski definition) is 2. The Balaban J connectivity index is 2.79. The highest BCUT2D eigenvalue weighted by molar-refractivity contribution is 5.71. The zero-order chi connectivity index (χ0) is 12.8. The molecule has 0 amide bonds. The van der Waals surface area contributed by atoms with E-state index >= 15 is 0 Å². The predicted molar refractivity (Wildman–Crippen MR) is 63.6 cm³/mol. The molecular weight excluding hydrogens is 218 g/mol. The van der Waals surface area contributed by atoms with Gasteiger partial charge in [0, 0.05) is 12.7 Å². The van der Waals surface area contributed by atoms with Gasteiger partial charge in [-0.3, -0.25) is 4.79 Å². The maximum absolute atomic E-state index is 10.8. The van der Waals surface area contributed by atoms with Crippen LogP contribution in [0.1, 0.15) is 24.5 Å². The van der Waals surface area contributed by atoms with E-state index in [1.165, 1.54) is 0 Å². The smallest absolute Gasteiger partial charge is 0.308 e. The fourth-order valence-electron chi connectivity index (χ4n) is 1.46. The molecule has 1 heterocycles. The van der Waals surface area contributed by atoms with Gasteiger partial charge in [0.2, 0.25) is 0 Å². The maximum atomic E-state index is 10.8. The van der Waals surface area contributed by atoms with E-state index < -0.39 is 11.9 Å². The summed E-state index contributed by atoms with van der Waals surface area (Å²) in [6.07, 6.45) is 2.14. The van der Waals surface area contributed by atoms with Crippen LogP contribution in [0.5, 0.6) is 0 Å². The first-order valence-electron chi connectivity index (χ1n) is 5.42. The molecule has 1 rings (SSSR count). The number of nitrogens with zero attached hydrogens (tertiary/aromatic N) is 2. The van der Waals surface area contributed by atoms with Gasteiger partial charge in [0.05, 0.1) is 11.5 Å². The van der Waals surface area contributed by atoms with Gasteiger partial charge >= 0.3 is 5.97 Å². The van der Waals surface area contributed by atoms with Gasteiger partial charge in [0.1, 0.15) is 11.9 Å². The number of carbonyl (C=O) groups is 1. The van der Waals surface area contributed by atoms with Crippen LogP contribution < -0.4 is 5.32 Å². The van der Waals surface area contributed by atoms with Crippen molar-refractivity contribution in [2.45, 2.75) is 20.3 Å². The number of nitrogens with one attached hydrogen (secondary N) is 1. The Kier molecular flexibility index (Phi) is 4.46. The number of aromatic nitrogens is 1. The molecular formula is C12H15N3O2. The quantitative estimate of drug-likeness (QED) is 0.809. The summed E-state index contributed by atoms with van der Waals surface area (Å²) in [6.45, 7) is 3.91. The summed E-state index contributed by atoms with van der Waals surface area (Å²) < 4.78 is 0. The van der Waals surface area contributed by atoms with E-state index in [1.54, 1.807) is 12.3 Å². The highest BCUT2D eigenvalue weighted by atomic mass is 16.4. The number of anilines is 1. The molecule has 0 radical (unpaired) electrons. The van der Waals surface area contributed by atoms with Crippen molar-refractivity contribution in [3.8, 4) is 6.07 Å². The van der Waals surface area contributed by atoms with Gasteiger partial charge in [-0.15, -0.1) is 0 Å². The Hall–Kier alpha value is -2.09. The Morgan fingerprint density at radius 1 is 1.71 bits per heavy atom. The van der Waals surface area contributed by atoms with Crippen LogP contribution in [0.4, 0.5) is 5.82 Å². The van der Waals surface area contributed by atoms with E-state index in [2.05, 4.69) is 16.4 Å². The average molecular weight is 233 g/mol. The first kappa shape index (κ1) is 13.0. The Labute approximate surface area is 100 Å². The summed E-state index contributed by atoms with van der Waals surface area (Å²) in [4.78, 5) is 14.9. The molecule has 1 aromatic heterocycles. The second-order valence-corrected chi connectivity index (χ2v) is 3.79. The van der Waals surface area contributed by atoms with Crippen molar-refractivity contribution in [1.82, 2.24) is 4.98 Å². The van der Waals surface area contributed by atoms with E-state index in [1.807, 2.05) is 13.8 Å². The third-order valence-electron chi connectivity index (χ3n) is 2.63. The average Bonchev–Trinajstić information content (AvgIpc) is 2.29. The van der Waals surface area contributed by atoms with Crippen LogP contribution in [0.25, 0.3) is 0 Å². The van der Waals surface area contributed by atoms with E-state index in [0.717, 1.165) is 5.56 Å². The molecule has 1 atom stereocenters. The van der Waals surface area contributed by atoms with E-state index in [-0.39, 0.29) is 6.54 Å². The van der Waals surface area contributed by atoms with Gasteiger partial charge in [0.15, 0.2) is 0 Å². The summed E-state index contributed by atoms with van der Waals surface area (Å²) in [5.74, 6) is -0.859. The monoisotopic (exact) mass is 233 g/mol. The van der Waals surface area contributed by atoms with Crippen LogP contribution in [0, 0.1) is 24.2 Å². The summed E-state index contributed by atoms with van der Waals surface area (Å²) in [7, 11) is 0. The number of carboxylic acid groups (broad SMARTS) is 1. The zero-order valence-corrected chi connectivity index (χ0v) is 9.90. The minimum absolute atomic E-state index is 0.275. The lowest BCUT2D eigenvalue weighted by molar-refractivity contribution is -0.141. The molecule has 0 bridgehead atoms. The zero-order valence-electron chi connectivity index (χ0n) is 9.90. The van der Waals surface area contributed by atoms with Crippen molar-refractivity contribution >= 4 is 11.8 Å². The van der Waals surface area contributed by atoms with Crippen LogP contribution in [0.3, 0.4) is 0 Å². The summed E-state index contributed by atoms with van der Waals surface area (Å²) in [6, 6.07) is 3.81. The standard InChI is InChI=1S/C12H15N3O2/c1-3-9(12(16)17)7-15-11-10(6-13)8(2)4-5-14-11/h4-5,9H,3,7H2,1-2H3,(H,14,15)(H,16,17). The molecule has 5 nitrogen and oxygen atoms in total. The van der Waals surface area contributed by atoms with Gasteiger partial charge in [-0.25, -0.2) is 4.98 Å². The lowest BCUT2D eigenvalue weighted by Gasteiger charge is -2.12.